The van der Waals surface area contributed by atoms with Crippen molar-refractivity contribution in [3.05, 3.63) is 34.8 Å². The molecule has 0 radical (unpaired) electrons. The first-order valence-electron chi connectivity index (χ1n) is 8.25. The number of thiazole rings is 1. The van der Waals surface area contributed by atoms with E-state index in [0.29, 0.717) is 5.13 Å². The molecule has 0 fully saturated rings. The third kappa shape index (κ3) is 3.56. The fraction of sp³-hybridized carbons (Fsp3) is 0.353. The molecule has 2 aliphatic rings. The van der Waals surface area contributed by atoms with E-state index in [0.717, 1.165) is 35.8 Å². The van der Waals surface area contributed by atoms with Crippen LogP contribution in [-0.2, 0) is 22.6 Å². The molecule has 8 heteroatoms. The Labute approximate surface area is 154 Å². The molecule has 130 valence electrons. The summed E-state index contributed by atoms with van der Waals surface area (Å²) in [6.07, 6.45) is 1.09. The predicted octanol–water partition coefficient (Wildman–Crippen LogP) is 1.16. The minimum absolute atomic E-state index is 0.123. The Morgan fingerprint density at radius 3 is 3.16 bits per heavy atom. The summed E-state index contributed by atoms with van der Waals surface area (Å²) in [5.74, 6) is -0.290. The van der Waals surface area contributed by atoms with Crippen LogP contribution < -0.4 is 15.5 Å². The summed E-state index contributed by atoms with van der Waals surface area (Å²) in [7, 11) is 2.16. The van der Waals surface area contributed by atoms with Crippen LogP contribution in [0.25, 0.3) is 0 Å². The summed E-state index contributed by atoms with van der Waals surface area (Å²) in [4.78, 5) is 32.8. The summed E-state index contributed by atoms with van der Waals surface area (Å²) in [6, 6.07) is 7.64. The van der Waals surface area contributed by atoms with E-state index in [2.05, 4.69) is 22.7 Å². The highest BCUT2D eigenvalue weighted by Gasteiger charge is 2.29. The number of para-hydroxylation sites is 1. The molecule has 2 aromatic rings. The lowest BCUT2D eigenvalue weighted by Gasteiger charge is -2.23. The second-order valence-electron chi connectivity index (χ2n) is 6.37. The van der Waals surface area contributed by atoms with E-state index in [1.807, 2.05) is 24.3 Å². The maximum Gasteiger partial charge on any atom is 0.238 e. The molecule has 1 aromatic heterocycles. The molecule has 3 heterocycles. The largest absolute Gasteiger partial charge is 0.333 e. The van der Waals surface area contributed by atoms with Crippen molar-refractivity contribution in [1.82, 2.24) is 4.98 Å². The van der Waals surface area contributed by atoms with E-state index in [4.69, 9.17) is 0 Å². The zero-order valence-corrected chi connectivity index (χ0v) is 15.4. The maximum atomic E-state index is 12.4. The zero-order valence-electron chi connectivity index (χ0n) is 13.8. The van der Waals surface area contributed by atoms with Crippen molar-refractivity contribution < 1.29 is 14.5 Å². The lowest BCUT2D eigenvalue weighted by Crippen LogP contribution is -3.08. The molecule has 0 saturated carbocycles. The Balaban J connectivity index is 1.40. The van der Waals surface area contributed by atoms with Gasteiger partial charge in [0, 0.05) is 17.7 Å². The molecule has 2 atom stereocenters. The SMILES string of the molecule is C[NH+]1CCc2nc(NC(=O)C[C@@H]3Sc4ccccc4NC3=O)sc2C1. The van der Waals surface area contributed by atoms with Crippen LogP contribution in [0.3, 0.4) is 0 Å². The van der Waals surface area contributed by atoms with E-state index in [9.17, 15) is 9.59 Å². The minimum atomic E-state index is -0.417. The van der Waals surface area contributed by atoms with Crippen LogP contribution in [-0.4, -0.2) is 35.6 Å². The first-order chi connectivity index (χ1) is 12.1. The molecular formula is C17H19N4O2S2+. The average Bonchev–Trinajstić information content (AvgIpc) is 2.96. The number of benzene rings is 1. The van der Waals surface area contributed by atoms with E-state index in [1.165, 1.54) is 21.5 Å². The van der Waals surface area contributed by atoms with E-state index in [1.54, 1.807) is 11.3 Å². The van der Waals surface area contributed by atoms with Gasteiger partial charge in [0.05, 0.1) is 35.1 Å². The van der Waals surface area contributed by atoms with Gasteiger partial charge in [-0.3, -0.25) is 9.59 Å². The highest BCUT2D eigenvalue weighted by molar-refractivity contribution is 8.01. The molecule has 1 aromatic carbocycles. The number of amides is 2. The van der Waals surface area contributed by atoms with Gasteiger partial charge in [0.25, 0.3) is 0 Å². The fourth-order valence-electron chi connectivity index (χ4n) is 3.03. The van der Waals surface area contributed by atoms with Gasteiger partial charge in [0.15, 0.2) is 5.13 Å². The molecule has 6 nitrogen and oxygen atoms in total. The number of rotatable bonds is 3. The van der Waals surface area contributed by atoms with E-state index in [-0.39, 0.29) is 18.2 Å². The van der Waals surface area contributed by atoms with Crippen molar-refractivity contribution in [3.63, 3.8) is 0 Å². The molecule has 0 aliphatic carbocycles. The van der Waals surface area contributed by atoms with Crippen LogP contribution >= 0.6 is 23.1 Å². The number of quaternary nitrogens is 1. The smallest absolute Gasteiger partial charge is 0.238 e. The Hall–Kier alpha value is -1.90. The summed E-state index contributed by atoms with van der Waals surface area (Å²) < 4.78 is 0. The molecular weight excluding hydrogens is 356 g/mol. The molecule has 25 heavy (non-hydrogen) atoms. The molecule has 2 aliphatic heterocycles. The molecule has 2 amide bonds. The average molecular weight is 375 g/mol. The van der Waals surface area contributed by atoms with Crippen LogP contribution in [0, 0.1) is 0 Å². The Kier molecular flexibility index (Phi) is 4.49. The van der Waals surface area contributed by atoms with Crippen molar-refractivity contribution in [2.45, 2.75) is 29.5 Å². The van der Waals surface area contributed by atoms with Crippen LogP contribution in [0.15, 0.2) is 29.2 Å². The number of thioether (sulfide) groups is 1. The number of hydrogen-bond donors (Lipinski definition) is 3. The topological polar surface area (TPSA) is 75.5 Å². The van der Waals surface area contributed by atoms with Gasteiger partial charge in [-0.1, -0.05) is 23.5 Å². The van der Waals surface area contributed by atoms with Gasteiger partial charge in [0.2, 0.25) is 11.8 Å². The van der Waals surface area contributed by atoms with Gasteiger partial charge in [-0.05, 0) is 12.1 Å². The first kappa shape index (κ1) is 16.6. The quantitative estimate of drug-likeness (QED) is 0.752. The highest BCUT2D eigenvalue weighted by atomic mass is 32.2. The van der Waals surface area contributed by atoms with Crippen LogP contribution in [0.2, 0.25) is 0 Å². The van der Waals surface area contributed by atoms with Gasteiger partial charge in [0.1, 0.15) is 6.54 Å². The molecule has 1 unspecified atom stereocenters. The minimum Gasteiger partial charge on any atom is -0.333 e. The Morgan fingerprint density at radius 1 is 1.44 bits per heavy atom. The molecule has 4 rings (SSSR count). The number of nitrogens with zero attached hydrogens (tertiary/aromatic N) is 1. The number of fused-ring (bicyclic) bond motifs is 2. The summed E-state index contributed by atoms with van der Waals surface area (Å²) in [5, 5.41) is 5.97. The van der Waals surface area contributed by atoms with Gasteiger partial charge in [-0.15, -0.1) is 11.8 Å². The second-order valence-corrected chi connectivity index (χ2v) is 8.70. The van der Waals surface area contributed by atoms with Gasteiger partial charge < -0.3 is 15.5 Å². The molecule has 0 saturated heterocycles. The van der Waals surface area contributed by atoms with E-state index < -0.39 is 5.25 Å². The first-order valence-corrected chi connectivity index (χ1v) is 9.94. The summed E-state index contributed by atoms with van der Waals surface area (Å²) >= 11 is 2.99. The lowest BCUT2D eigenvalue weighted by molar-refractivity contribution is -0.895. The standard InChI is InChI=1S/C17H18N4O2S2/c1-21-7-6-11-14(9-21)25-17(19-11)20-15(22)8-13-16(23)18-10-4-2-3-5-12(10)24-13/h2-5,13H,6-9H2,1H3,(H,18,23)(H,19,20,22)/p+1/t13-/m0/s1. The highest BCUT2D eigenvalue weighted by Crippen LogP contribution is 2.36. The normalized spacial score (nSPS) is 21.9. The number of anilines is 2. The molecule has 0 bridgehead atoms. The number of nitrogens with one attached hydrogen (secondary N) is 3. The summed E-state index contributed by atoms with van der Waals surface area (Å²) in [5.41, 5.74) is 1.91. The number of likely N-dealkylation sites (N-methyl/N-ethyl adjacent to an activating group) is 1. The number of aromatic nitrogens is 1. The third-order valence-electron chi connectivity index (χ3n) is 4.35. The number of carbonyl (C=O) groups is 2. The van der Waals surface area contributed by atoms with Crippen molar-refractivity contribution in [1.29, 1.82) is 0 Å². The van der Waals surface area contributed by atoms with Gasteiger partial charge in [-0.25, -0.2) is 4.98 Å². The van der Waals surface area contributed by atoms with Crippen molar-refractivity contribution >= 4 is 45.7 Å². The fourth-order valence-corrected chi connectivity index (χ4v) is 5.28. The van der Waals surface area contributed by atoms with Crippen molar-refractivity contribution in [3.8, 4) is 0 Å². The van der Waals surface area contributed by atoms with Crippen molar-refractivity contribution in [2.75, 3.05) is 24.2 Å². The molecule has 0 spiro atoms. The predicted molar refractivity (Wildman–Crippen MR) is 99.2 cm³/mol. The van der Waals surface area contributed by atoms with Crippen LogP contribution in [0.1, 0.15) is 17.0 Å². The third-order valence-corrected chi connectivity index (χ3v) is 6.64. The number of hydrogen-bond acceptors (Lipinski definition) is 5. The Morgan fingerprint density at radius 2 is 2.28 bits per heavy atom. The van der Waals surface area contributed by atoms with Crippen LogP contribution in [0.4, 0.5) is 10.8 Å². The lowest BCUT2D eigenvalue weighted by atomic mass is 10.2. The number of carbonyl (C=O) groups excluding carboxylic acids is 2. The Bertz CT molecular complexity index is 836. The second kappa shape index (κ2) is 6.78. The maximum absolute atomic E-state index is 12.4. The monoisotopic (exact) mass is 375 g/mol. The van der Waals surface area contributed by atoms with Crippen LogP contribution in [0.5, 0.6) is 0 Å². The van der Waals surface area contributed by atoms with Gasteiger partial charge in [-0.2, -0.15) is 0 Å². The van der Waals surface area contributed by atoms with Crippen molar-refractivity contribution in [2.24, 2.45) is 0 Å². The van der Waals surface area contributed by atoms with Gasteiger partial charge >= 0.3 is 0 Å². The zero-order chi connectivity index (χ0) is 17.4. The summed E-state index contributed by atoms with van der Waals surface area (Å²) in [6.45, 7) is 2.03. The molecule has 3 N–H and O–H groups in total. The van der Waals surface area contributed by atoms with E-state index >= 15 is 0 Å².